The number of carbonyl (C=O) groups is 1. The van der Waals surface area contributed by atoms with Gasteiger partial charge >= 0.3 is 0 Å². The van der Waals surface area contributed by atoms with Crippen LogP contribution in [-0.2, 0) is 14.8 Å². The molecule has 160 valence electrons. The Morgan fingerprint density at radius 3 is 2.40 bits per heavy atom. The molecule has 5 rings (SSSR count). The van der Waals surface area contributed by atoms with E-state index in [2.05, 4.69) is 14.8 Å². The van der Waals surface area contributed by atoms with E-state index in [9.17, 15) is 13.2 Å². The molecule has 10 heteroatoms. The first-order valence-corrected chi connectivity index (χ1v) is 12.8. The SMILES string of the molecule is O=C(CSc1nnc(C2CC2)n1C1CC1)c1ccc(S(=O)(=O)N2CCOCC2)cc1. The van der Waals surface area contributed by atoms with Crippen LogP contribution >= 0.6 is 11.8 Å². The van der Waals surface area contributed by atoms with Gasteiger partial charge in [-0.25, -0.2) is 8.42 Å². The molecule has 1 aromatic heterocycles. The van der Waals surface area contributed by atoms with Gasteiger partial charge in [-0.3, -0.25) is 4.79 Å². The first-order chi connectivity index (χ1) is 14.5. The number of sulfonamides is 1. The summed E-state index contributed by atoms with van der Waals surface area (Å²) in [6.45, 7) is 1.51. The number of carbonyl (C=O) groups excluding carboxylic acids is 1. The number of ether oxygens (including phenoxy) is 1. The maximum absolute atomic E-state index is 12.7. The summed E-state index contributed by atoms with van der Waals surface area (Å²) in [5.41, 5.74) is 0.503. The first-order valence-electron chi connectivity index (χ1n) is 10.3. The van der Waals surface area contributed by atoms with E-state index in [0.717, 1.165) is 23.8 Å². The maximum atomic E-state index is 12.7. The van der Waals surface area contributed by atoms with Gasteiger partial charge in [0.1, 0.15) is 5.82 Å². The second-order valence-corrected chi connectivity index (χ2v) is 10.8. The van der Waals surface area contributed by atoms with E-state index in [1.165, 1.54) is 41.0 Å². The summed E-state index contributed by atoms with van der Waals surface area (Å²) in [5.74, 6) is 1.81. The maximum Gasteiger partial charge on any atom is 0.243 e. The molecule has 0 bridgehead atoms. The van der Waals surface area contributed by atoms with E-state index in [4.69, 9.17) is 4.74 Å². The van der Waals surface area contributed by atoms with Crippen molar-refractivity contribution < 1.29 is 17.9 Å². The van der Waals surface area contributed by atoms with E-state index in [1.807, 2.05) is 0 Å². The van der Waals surface area contributed by atoms with Crippen LogP contribution in [0, 0.1) is 0 Å². The zero-order valence-corrected chi connectivity index (χ0v) is 18.2. The minimum atomic E-state index is -3.55. The van der Waals surface area contributed by atoms with E-state index in [-0.39, 0.29) is 16.4 Å². The quantitative estimate of drug-likeness (QED) is 0.452. The molecule has 30 heavy (non-hydrogen) atoms. The summed E-state index contributed by atoms with van der Waals surface area (Å²) in [6, 6.07) is 6.70. The molecule has 0 atom stereocenters. The second-order valence-electron chi connectivity index (χ2n) is 7.97. The number of ketones is 1. The summed E-state index contributed by atoms with van der Waals surface area (Å²) in [4.78, 5) is 12.9. The Labute approximate surface area is 180 Å². The molecule has 0 unspecified atom stereocenters. The van der Waals surface area contributed by atoms with Crippen LogP contribution in [0.1, 0.15) is 53.8 Å². The van der Waals surface area contributed by atoms with E-state index in [0.29, 0.717) is 43.8 Å². The number of nitrogens with zero attached hydrogens (tertiary/aromatic N) is 4. The normalized spacial score (nSPS) is 20.4. The van der Waals surface area contributed by atoms with Crippen LogP contribution in [0.2, 0.25) is 0 Å². The molecule has 1 aromatic carbocycles. The van der Waals surface area contributed by atoms with Crippen molar-refractivity contribution >= 4 is 27.6 Å². The molecule has 0 amide bonds. The number of Topliss-reactive ketones (excluding diaryl/α,β-unsaturated/α-hetero) is 1. The van der Waals surface area contributed by atoms with E-state index < -0.39 is 10.0 Å². The smallest absolute Gasteiger partial charge is 0.243 e. The largest absolute Gasteiger partial charge is 0.379 e. The van der Waals surface area contributed by atoms with Gasteiger partial charge in [-0.15, -0.1) is 10.2 Å². The molecule has 1 saturated heterocycles. The van der Waals surface area contributed by atoms with Crippen molar-refractivity contribution in [1.29, 1.82) is 0 Å². The molecular formula is C20H24N4O4S2. The van der Waals surface area contributed by atoms with Crippen LogP contribution < -0.4 is 0 Å². The Morgan fingerprint density at radius 1 is 1.07 bits per heavy atom. The fourth-order valence-electron chi connectivity index (χ4n) is 3.64. The minimum Gasteiger partial charge on any atom is -0.379 e. The number of rotatable bonds is 8. The van der Waals surface area contributed by atoms with Crippen LogP contribution in [-0.4, -0.2) is 65.3 Å². The Bertz CT molecular complexity index is 1040. The Balaban J connectivity index is 1.25. The lowest BCUT2D eigenvalue weighted by molar-refractivity contribution is 0.0730. The van der Waals surface area contributed by atoms with Crippen LogP contribution in [0.3, 0.4) is 0 Å². The molecule has 1 aliphatic heterocycles. The molecule has 3 fully saturated rings. The third kappa shape index (κ3) is 4.05. The lowest BCUT2D eigenvalue weighted by Crippen LogP contribution is -2.40. The van der Waals surface area contributed by atoms with Crippen molar-refractivity contribution in [3.05, 3.63) is 35.7 Å². The van der Waals surface area contributed by atoms with Crippen LogP contribution in [0.25, 0.3) is 0 Å². The van der Waals surface area contributed by atoms with Gasteiger partial charge in [0.05, 0.1) is 23.9 Å². The zero-order chi connectivity index (χ0) is 20.7. The van der Waals surface area contributed by atoms with Crippen molar-refractivity contribution in [2.24, 2.45) is 0 Å². The van der Waals surface area contributed by atoms with Gasteiger partial charge in [-0.2, -0.15) is 4.31 Å². The lowest BCUT2D eigenvalue weighted by atomic mass is 10.1. The predicted octanol–water partition coefficient (Wildman–Crippen LogP) is 2.49. The second kappa shape index (κ2) is 8.07. The molecule has 0 N–H and O–H groups in total. The van der Waals surface area contributed by atoms with Crippen molar-refractivity contribution in [1.82, 2.24) is 19.1 Å². The molecule has 0 spiro atoms. The van der Waals surface area contributed by atoms with E-state index in [1.54, 1.807) is 12.1 Å². The fraction of sp³-hybridized carbons (Fsp3) is 0.550. The number of hydrogen-bond donors (Lipinski definition) is 0. The van der Waals surface area contributed by atoms with Gasteiger partial charge in [-0.05, 0) is 37.8 Å². The zero-order valence-electron chi connectivity index (χ0n) is 16.6. The summed E-state index contributed by atoms with van der Waals surface area (Å²) in [7, 11) is -3.55. The molecule has 2 aromatic rings. The fourth-order valence-corrected chi connectivity index (χ4v) is 5.96. The summed E-state index contributed by atoms with van der Waals surface area (Å²) >= 11 is 1.42. The van der Waals surface area contributed by atoms with Gasteiger partial charge in [0.15, 0.2) is 10.9 Å². The molecule has 0 radical (unpaired) electrons. The minimum absolute atomic E-state index is 0.0476. The highest BCUT2D eigenvalue weighted by Gasteiger charge is 2.36. The number of aromatic nitrogens is 3. The first kappa shape index (κ1) is 20.2. The van der Waals surface area contributed by atoms with E-state index >= 15 is 0 Å². The highest BCUT2D eigenvalue weighted by Crippen LogP contribution is 2.46. The molecule has 8 nitrogen and oxygen atoms in total. The third-order valence-electron chi connectivity index (χ3n) is 5.66. The van der Waals surface area contributed by atoms with Crippen molar-refractivity contribution in [2.45, 2.75) is 47.7 Å². The summed E-state index contributed by atoms with van der Waals surface area (Å²) < 4.78 is 34.3. The number of thioether (sulfide) groups is 1. The average Bonchev–Trinajstić information content (AvgIpc) is 3.71. The van der Waals surface area contributed by atoms with Gasteiger partial charge in [0.2, 0.25) is 10.0 Å². The van der Waals surface area contributed by atoms with Crippen LogP contribution in [0.15, 0.2) is 34.3 Å². The molecule has 2 saturated carbocycles. The van der Waals surface area contributed by atoms with Crippen molar-refractivity contribution in [2.75, 3.05) is 32.1 Å². The lowest BCUT2D eigenvalue weighted by Gasteiger charge is -2.26. The Morgan fingerprint density at radius 2 is 1.77 bits per heavy atom. The molecular weight excluding hydrogens is 424 g/mol. The Hall–Kier alpha value is -1.75. The summed E-state index contributed by atoms with van der Waals surface area (Å²) in [6.07, 6.45) is 4.65. The van der Waals surface area contributed by atoms with Crippen LogP contribution in [0.4, 0.5) is 0 Å². The van der Waals surface area contributed by atoms with Crippen molar-refractivity contribution in [3.63, 3.8) is 0 Å². The topological polar surface area (TPSA) is 94.4 Å². The number of hydrogen-bond acceptors (Lipinski definition) is 7. The third-order valence-corrected chi connectivity index (χ3v) is 8.52. The van der Waals surface area contributed by atoms with Gasteiger partial charge in [-0.1, -0.05) is 23.9 Å². The summed E-state index contributed by atoms with van der Waals surface area (Å²) in [5, 5.41) is 9.52. The number of benzene rings is 1. The number of morpholine rings is 1. The van der Waals surface area contributed by atoms with Gasteiger partial charge in [0.25, 0.3) is 0 Å². The van der Waals surface area contributed by atoms with Crippen molar-refractivity contribution in [3.8, 4) is 0 Å². The predicted molar refractivity (Wildman–Crippen MR) is 111 cm³/mol. The molecule has 2 heterocycles. The monoisotopic (exact) mass is 448 g/mol. The van der Waals surface area contributed by atoms with Gasteiger partial charge in [0, 0.05) is 30.6 Å². The standard InChI is InChI=1S/C20H24N4O4S2/c25-18(13-29-20-22-21-19(15-1-2-15)24(20)16-5-6-16)14-3-7-17(8-4-14)30(26,27)23-9-11-28-12-10-23/h3-4,7-8,15-16H,1-2,5-6,9-13H2. The Kier molecular flexibility index (Phi) is 5.42. The average molecular weight is 449 g/mol. The molecule has 2 aliphatic carbocycles. The highest BCUT2D eigenvalue weighted by atomic mass is 32.2. The highest BCUT2D eigenvalue weighted by molar-refractivity contribution is 7.99. The molecule has 3 aliphatic rings. The van der Waals surface area contributed by atoms with Crippen LogP contribution in [0.5, 0.6) is 0 Å². The van der Waals surface area contributed by atoms with Gasteiger partial charge < -0.3 is 9.30 Å².